The van der Waals surface area contributed by atoms with Crippen LogP contribution in [0, 0.1) is 0 Å². The normalized spacial score (nSPS) is 28.0. The average molecular weight is 322 g/mol. The van der Waals surface area contributed by atoms with E-state index in [-0.39, 0.29) is 16.8 Å². The molecule has 0 N–H and O–H groups in total. The van der Waals surface area contributed by atoms with Crippen LogP contribution in [0.25, 0.3) is 0 Å². The van der Waals surface area contributed by atoms with Gasteiger partial charge in [0.05, 0.1) is 10.9 Å². The van der Waals surface area contributed by atoms with E-state index >= 15 is 0 Å². The van der Waals surface area contributed by atoms with Crippen molar-refractivity contribution >= 4 is 17.7 Å². The Morgan fingerprint density at radius 2 is 2.27 bits per heavy atom. The summed E-state index contributed by atoms with van der Waals surface area (Å²) in [5.74, 6) is 1.41. The Morgan fingerprint density at radius 1 is 1.45 bits per heavy atom. The highest BCUT2D eigenvalue weighted by atomic mass is 32.2. The number of hydrogen-bond acceptors (Lipinski definition) is 4. The van der Waals surface area contributed by atoms with Crippen LogP contribution < -0.4 is 4.74 Å². The van der Waals surface area contributed by atoms with Crippen LogP contribution in [0.1, 0.15) is 25.7 Å². The molecule has 0 radical (unpaired) electrons. The number of hydrogen-bond donors (Lipinski definition) is 0. The molecular weight excluding hydrogens is 303 g/mol. The van der Waals surface area contributed by atoms with Crippen molar-refractivity contribution in [2.45, 2.75) is 42.2 Å². The van der Waals surface area contributed by atoms with Crippen LogP contribution in [0.4, 0.5) is 4.39 Å². The molecule has 0 aromatic carbocycles. The second kappa shape index (κ2) is 5.11. The van der Waals surface area contributed by atoms with Crippen LogP contribution in [0.15, 0.2) is 24.5 Å². The fourth-order valence-corrected chi connectivity index (χ4v) is 5.01. The largest absolute Gasteiger partial charge is 0.488 e. The van der Waals surface area contributed by atoms with E-state index < -0.39 is 5.67 Å². The molecule has 1 saturated carbocycles. The first kappa shape index (κ1) is 14.3. The Bertz CT molecular complexity index is 573. The third-order valence-electron chi connectivity index (χ3n) is 4.89. The van der Waals surface area contributed by atoms with E-state index in [0.29, 0.717) is 25.9 Å². The van der Waals surface area contributed by atoms with E-state index in [0.717, 1.165) is 24.3 Å². The lowest BCUT2D eigenvalue weighted by Gasteiger charge is -2.50. The van der Waals surface area contributed by atoms with Gasteiger partial charge in [-0.15, -0.1) is 11.8 Å². The average Bonchev–Trinajstić information content (AvgIpc) is 2.88. The zero-order valence-electron chi connectivity index (χ0n) is 12.3. The van der Waals surface area contributed by atoms with Crippen LogP contribution >= 0.6 is 11.8 Å². The molecule has 1 amide bonds. The van der Waals surface area contributed by atoms with Gasteiger partial charge in [0.2, 0.25) is 0 Å². The Kier molecular flexibility index (Phi) is 3.33. The van der Waals surface area contributed by atoms with Crippen molar-refractivity contribution in [1.82, 2.24) is 9.88 Å². The van der Waals surface area contributed by atoms with Crippen molar-refractivity contribution in [2.24, 2.45) is 0 Å². The molecule has 4 rings (SSSR count). The molecule has 2 aliphatic heterocycles. The summed E-state index contributed by atoms with van der Waals surface area (Å²) in [6, 6.07) is 3.76. The standard InChI is InChI=1S/C16H19FN2O2S/c17-16(4-2-5-16)14(20)19-10-15(11-19)7-13(9-22-15)21-12-3-1-6-18-8-12/h1,3,6,8,13H,2,4-5,7,9-11H2/t13-/m0/s1. The topological polar surface area (TPSA) is 42.4 Å². The van der Waals surface area contributed by atoms with E-state index in [2.05, 4.69) is 4.98 Å². The van der Waals surface area contributed by atoms with Gasteiger partial charge in [0.25, 0.3) is 5.91 Å². The first-order valence-corrected chi connectivity index (χ1v) is 8.76. The summed E-state index contributed by atoms with van der Waals surface area (Å²) in [5.41, 5.74) is -1.56. The minimum absolute atomic E-state index is 0.0721. The van der Waals surface area contributed by atoms with E-state index in [1.165, 1.54) is 0 Å². The highest BCUT2D eigenvalue weighted by Gasteiger charge is 2.56. The van der Waals surface area contributed by atoms with Gasteiger partial charge in [-0.25, -0.2) is 4.39 Å². The number of rotatable bonds is 3. The number of carbonyl (C=O) groups is 1. The van der Waals surface area contributed by atoms with Gasteiger partial charge in [-0.3, -0.25) is 9.78 Å². The Balaban J connectivity index is 1.32. The van der Waals surface area contributed by atoms with E-state index in [1.54, 1.807) is 17.3 Å². The second-order valence-electron chi connectivity index (χ2n) is 6.61. The van der Waals surface area contributed by atoms with Crippen molar-refractivity contribution in [1.29, 1.82) is 0 Å². The van der Waals surface area contributed by atoms with E-state index in [4.69, 9.17) is 4.74 Å². The summed E-state index contributed by atoms with van der Waals surface area (Å²) >= 11 is 1.85. The minimum Gasteiger partial charge on any atom is -0.488 e. The van der Waals surface area contributed by atoms with Crippen LogP contribution in [-0.2, 0) is 4.79 Å². The molecule has 1 spiro atoms. The fraction of sp³-hybridized carbons (Fsp3) is 0.625. The Labute approximate surface area is 133 Å². The zero-order chi connectivity index (χ0) is 15.2. The number of halogens is 1. The number of alkyl halides is 1. The van der Waals surface area contributed by atoms with Gasteiger partial charge < -0.3 is 9.64 Å². The van der Waals surface area contributed by atoms with Gasteiger partial charge in [-0.05, 0) is 31.4 Å². The smallest absolute Gasteiger partial charge is 0.260 e. The predicted molar refractivity (Wildman–Crippen MR) is 82.7 cm³/mol. The molecule has 1 aromatic rings. The minimum atomic E-state index is -1.56. The number of aromatic nitrogens is 1. The zero-order valence-corrected chi connectivity index (χ0v) is 13.2. The SMILES string of the molecule is O=C(N1CC2(C[C@H](Oc3cccnc3)CS2)C1)C1(F)CCC1. The maximum absolute atomic E-state index is 14.2. The fourth-order valence-electron chi connectivity index (χ4n) is 3.49. The van der Waals surface area contributed by atoms with Crippen molar-refractivity contribution < 1.29 is 13.9 Å². The number of amides is 1. The van der Waals surface area contributed by atoms with Crippen molar-refractivity contribution in [3.05, 3.63) is 24.5 Å². The quantitative estimate of drug-likeness (QED) is 0.857. The van der Waals surface area contributed by atoms with Crippen molar-refractivity contribution in [3.63, 3.8) is 0 Å². The van der Waals surface area contributed by atoms with Gasteiger partial charge in [-0.2, -0.15) is 0 Å². The van der Waals surface area contributed by atoms with Crippen LogP contribution in [-0.4, -0.2) is 51.2 Å². The molecule has 1 aromatic heterocycles. The Hall–Kier alpha value is -1.30. The number of carbonyl (C=O) groups excluding carboxylic acids is 1. The summed E-state index contributed by atoms with van der Waals surface area (Å²) in [7, 11) is 0. The number of ether oxygens (including phenoxy) is 1. The molecular formula is C16H19FN2O2S. The maximum Gasteiger partial charge on any atom is 0.260 e. The number of pyridine rings is 1. The van der Waals surface area contributed by atoms with E-state index in [1.807, 2.05) is 23.9 Å². The summed E-state index contributed by atoms with van der Waals surface area (Å²) in [4.78, 5) is 17.9. The lowest BCUT2D eigenvalue weighted by atomic mass is 9.79. The van der Waals surface area contributed by atoms with Gasteiger partial charge in [-0.1, -0.05) is 0 Å². The molecule has 3 aliphatic rings. The Morgan fingerprint density at radius 3 is 2.91 bits per heavy atom. The lowest BCUT2D eigenvalue weighted by molar-refractivity contribution is -0.155. The van der Waals surface area contributed by atoms with Crippen molar-refractivity contribution in [3.8, 4) is 5.75 Å². The molecule has 2 saturated heterocycles. The molecule has 6 heteroatoms. The number of nitrogens with zero attached hydrogens (tertiary/aromatic N) is 2. The third-order valence-corrected chi connectivity index (χ3v) is 6.46. The highest BCUT2D eigenvalue weighted by Crippen LogP contribution is 2.48. The third kappa shape index (κ3) is 2.37. The highest BCUT2D eigenvalue weighted by molar-refractivity contribution is 8.01. The monoisotopic (exact) mass is 322 g/mol. The molecule has 0 bridgehead atoms. The molecule has 3 fully saturated rings. The lowest BCUT2D eigenvalue weighted by Crippen LogP contribution is -2.65. The first-order valence-electron chi connectivity index (χ1n) is 7.78. The summed E-state index contributed by atoms with van der Waals surface area (Å²) < 4.78 is 20.2. The van der Waals surface area contributed by atoms with Crippen LogP contribution in [0.2, 0.25) is 0 Å². The molecule has 22 heavy (non-hydrogen) atoms. The first-order chi connectivity index (χ1) is 10.6. The summed E-state index contributed by atoms with van der Waals surface area (Å²) in [6.45, 7) is 1.32. The van der Waals surface area contributed by atoms with E-state index in [9.17, 15) is 9.18 Å². The summed E-state index contributed by atoms with van der Waals surface area (Å²) in [5, 5.41) is 0. The molecule has 4 nitrogen and oxygen atoms in total. The second-order valence-corrected chi connectivity index (χ2v) is 8.09. The molecule has 1 atom stereocenters. The van der Waals surface area contributed by atoms with Gasteiger partial charge in [0, 0.05) is 31.5 Å². The molecule has 1 aliphatic carbocycles. The van der Waals surface area contributed by atoms with Gasteiger partial charge >= 0.3 is 0 Å². The predicted octanol–water partition coefficient (Wildman–Crippen LogP) is 2.44. The molecule has 118 valence electrons. The summed E-state index contributed by atoms with van der Waals surface area (Å²) in [6.07, 6.45) is 6.13. The van der Waals surface area contributed by atoms with Crippen LogP contribution in [0.3, 0.4) is 0 Å². The molecule has 0 unspecified atom stereocenters. The maximum atomic E-state index is 14.2. The molecule has 3 heterocycles. The number of thioether (sulfide) groups is 1. The van der Waals surface area contributed by atoms with Gasteiger partial charge in [0.15, 0.2) is 5.67 Å². The van der Waals surface area contributed by atoms with Crippen molar-refractivity contribution in [2.75, 3.05) is 18.8 Å². The van der Waals surface area contributed by atoms with Gasteiger partial charge in [0.1, 0.15) is 11.9 Å². The number of likely N-dealkylation sites (tertiary alicyclic amines) is 1. The van der Waals surface area contributed by atoms with Crippen LogP contribution in [0.5, 0.6) is 5.75 Å².